The summed E-state index contributed by atoms with van der Waals surface area (Å²) in [7, 11) is 0. The van der Waals surface area contributed by atoms with Crippen LogP contribution in [-0.4, -0.2) is 78.0 Å². The molecule has 7 nitrogen and oxygen atoms in total. The Morgan fingerprint density at radius 2 is 1.89 bits per heavy atom. The maximum absolute atomic E-state index is 13.7. The third kappa shape index (κ3) is 4.98. The van der Waals surface area contributed by atoms with Crippen molar-refractivity contribution in [2.45, 2.75) is 57.5 Å². The molecule has 0 unspecified atom stereocenters. The molecule has 2 atom stereocenters. The minimum absolute atomic E-state index is 0.0574. The van der Waals surface area contributed by atoms with Gasteiger partial charge in [0.05, 0.1) is 12.2 Å². The number of pyridine rings is 1. The van der Waals surface area contributed by atoms with E-state index in [0.29, 0.717) is 19.6 Å². The Hall–Kier alpha value is -2.77. The van der Waals surface area contributed by atoms with E-state index in [0.717, 1.165) is 49.3 Å². The maximum atomic E-state index is 13.7. The number of carbonyl (C=O) groups is 2. The number of likely N-dealkylation sites (tertiary alicyclic amines) is 1. The van der Waals surface area contributed by atoms with Crippen LogP contribution in [0.1, 0.15) is 50.4 Å². The molecule has 2 fully saturated rings. The third-order valence-corrected chi connectivity index (χ3v) is 7.69. The van der Waals surface area contributed by atoms with Crippen molar-refractivity contribution in [3.63, 3.8) is 0 Å². The lowest BCUT2D eigenvalue weighted by Gasteiger charge is -2.40. The second-order valence-corrected chi connectivity index (χ2v) is 11.0. The van der Waals surface area contributed by atoms with Gasteiger partial charge in [0.2, 0.25) is 11.8 Å². The number of anilines is 1. The van der Waals surface area contributed by atoms with E-state index in [1.54, 1.807) is 0 Å². The molecule has 35 heavy (non-hydrogen) atoms. The summed E-state index contributed by atoms with van der Waals surface area (Å²) in [5.41, 5.74) is 4.08. The number of rotatable bonds is 5. The maximum Gasteiger partial charge on any atom is 0.241 e. The average molecular weight is 476 g/mol. The quantitative estimate of drug-likeness (QED) is 0.720. The van der Waals surface area contributed by atoms with Gasteiger partial charge >= 0.3 is 0 Å². The van der Waals surface area contributed by atoms with Gasteiger partial charge in [0.1, 0.15) is 6.04 Å². The number of nitrogens with zero attached hydrogens (tertiary/aromatic N) is 4. The molecule has 1 aromatic carbocycles. The topological polar surface area (TPSA) is 68.8 Å². The fourth-order valence-corrected chi connectivity index (χ4v) is 5.73. The first kappa shape index (κ1) is 23.9. The van der Waals surface area contributed by atoms with Gasteiger partial charge in [-0.2, -0.15) is 0 Å². The number of aromatic nitrogens is 1. The number of carbonyl (C=O) groups excluding carboxylic acids is 2. The molecule has 0 saturated carbocycles. The van der Waals surface area contributed by atoms with Crippen LogP contribution in [0.15, 0.2) is 42.6 Å². The minimum atomic E-state index is -0.283. The van der Waals surface area contributed by atoms with Crippen LogP contribution >= 0.6 is 0 Å². The molecule has 3 aliphatic heterocycles. The molecule has 0 spiro atoms. The van der Waals surface area contributed by atoms with E-state index in [2.05, 4.69) is 49.2 Å². The number of benzene rings is 1. The summed E-state index contributed by atoms with van der Waals surface area (Å²) in [6, 6.07) is 12.3. The molecule has 3 aliphatic rings. The van der Waals surface area contributed by atoms with Crippen molar-refractivity contribution in [2.75, 3.05) is 44.2 Å². The largest absolute Gasteiger partial charge is 0.341 e. The highest BCUT2D eigenvalue weighted by Gasteiger charge is 2.41. The molecule has 4 heterocycles. The Morgan fingerprint density at radius 3 is 2.63 bits per heavy atom. The van der Waals surface area contributed by atoms with Gasteiger partial charge in [0.25, 0.3) is 0 Å². The van der Waals surface area contributed by atoms with E-state index in [4.69, 9.17) is 4.98 Å². The van der Waals surface area contributed by atoms with Crippen molar-refractivity contribution < 1.29 is 9.59 Å². The number of fused-ring (bicyclic) bond motifs is 1. The zero-order chi connectivity index (χ0) is 24.6. The summed E-state index contributed by atoms with van der Waals surface area (Å²) >= 11 is 0. The first-order valence-corrected chi connectivity index (χ1v) is 12.9. The van der Waals surface area contributed by atoms with E-state index < -0.39 is 0 Å². The minimum Gasteiger partial charge on any atom is -0.341 e. The molecule has 0 aliphatic carbocycles. The normalized spacial score (nSPS) is 24.0. The van der Waals surface area contributed by atoms with Crippen LogP contribution < -0.4 is 10.2 Å². The highest BCUT2D eigenvalue weighted by atomic mass is 16.2. The number of piperazine rings is 1. The zero-order valence-electron chi connectivity index (χ0n) is 21.2. The Kier molecular flexibility index (Phi) is 6.64. The number of amides is 2. The van der Waals surface area contributed by atoms with E-state index in [1.165, 1.54) is 5.56 Å². The number of hydrogen-bond acceptors (Lipinski definition) is 5. The van der Waals surface area contributed by atoms with Gasteiger partial charge in [-0.25, -0.2) is 0 Å². The lowest BCUT2D eigenvalue weighted by atomic mass is 9.88. The fourth-order valence-electron chi connectivity index (χ4n) is 5.73. The Balaban J connectivity index is 1.36. The molecule has 0 radical (unpaired) electrons. The molecule has 2 amide bonds. The van der Waals surface area contributed by atoms with Crippen LogP contribution in [0.4, 0.5) is 5.69 Å². The zero-order valence-corrected chi connectivity index (χ0v) is 21.2. The molecule has 1 aromatic heterocycles. The molecule has 7 heteroatoms. The Labute approximate surface area is 208 Å². The predicted molar refractivity (Wildman–Crippen MR) is 138 cm³/mol. The van der Waals surface area contributed by atoms with Gasteiger partial charge in [-0.15, -0.1) is 0 Å². The molecule has 5 rings (SSSR count). The van der Waals surface area contributed by atoms with Crippen molar-refractivity contribution >= 4 is 17.5 Å². The highest BCUT2D eigenvalue weighted by molar-refractivity contribution is 5.98. The van der Waals surface area contributed by atoms with E-state index >= 15 is 0 Å². The average Bonchev–Trinajstić information content (AvgIpc) is 3.46. The molecule has 2 saturated heterocycles. The summed E-state index contributed by atoms with van der Waals surface area (Å²) in [6.07, 6.45) is 4.83. The lowest BCUT2D eigenvalue weighted by molar-refractivity contribution is -0.137. The van der Waals surface area contributed by atoms with Crippen LogP contribution in [0.2, 0.25) is 0 Å². The second kappa shape index (κ2) is 9.70. The van der Waals surface area contributed by atoms with Crippen molar-refractivity contribution in [1.29, 1.82) is 0 Å². The molecular weight excluding hydrogens is 438 g/mol. The van der Waals surface area contributed by atoms with Gasteiger partial charge in [-0.3, -0.25) is 19.5 Å². The van der Waals surface area contributed by atoms with Crippen LogP contribution in [0.25, 0.3) is 0 Å². The van der Waals surface area contributed by atoms with Gasteiger partial charge in [0.15, 0.2) is 0 Å². The number of nitrogens with one attached hydrogen (secondary N) is 1. The summed E-state index contributed by atoms with van der Waals surface area (Å²) < 4.78 is 0. The molecule has 186 valence electrons. The molecule has 1 N–H and O–H groups in total. The summed E-state index contributed by atoms with van der Waals surface area (Å²) in [5, 5.41) is 3.45. The fraction of sp³-hybridized carbons (Fsp3) is 0.536. The van der Waals surface area contributed by atoms with Crippen molar-refractivity contribution in [1.82, 2.24) is 20.1 Å². The highest BCUT2D eigenvalue weighted by Crippen LogP contribution is 2.40. The first-order valence-electron chi connectivity index (χ1n) is 12.9. The van der Waals surface area contributed by atoms with Crippen LogP contribution in [0.3, 0.4) is 0 Å². The third-order valence-electron chi connectivity index (χ3n) is 7.69. The van der Waals surface area contributed by atoms with Crippen molar-refractivity contribution in [3.8, 4) is 0 Å². The van der Waals surface area contributed by atoms with E-state index in [-0.39, 0.29) is 35.9 Å². The Bertz CT molecular complexity index is 1080. The van der Waals surface area contributed by atoms with Crippen molar-refractivity contribution in [3.05, 3.63) is 59.4 Å². The lowest BCUT2D eigenvalue weighted by Crippen LogP contribution is -2.62. The summed E-state index contributed by atoms with van der Waals surface area (Å²) in [4.78, 5) is 37.7. The van der Waals surface area contributed by atoms with Gasteiger partial charge in [0, 0.05) is 68.1 Å². The predicted octanol–water partition coefficient (Wildman–Crippen LogP) is 2.58. The SMILES string of the molecule is C[C@@H]1CN(CC(=O)N2CC(C)(C)c3cnc(Cc4ccccc4)cc32)[C@@H](C(=O)N2CCCC2)CN1. The summed E-state index contributed by atoms with van der Waals surface area (Å²) in [5.74, 6) is 0.216. The summed E-state index contributed by atoms with van der Waals surface area (Å²) in [6.45, 7) is 10.3. The van der Waals surface area contributed by atoms with E-state index in [1.807, 2.05) is 34.2 Å². The molecule has 0 bridgehead atoms. The van der Waals surface area contributed by atoms with Crippen LogP contribution in [-0.2, 0) is 21.4 Å². The first-order chi connectivity index (χ1) is 16.8. The molecule has 2 aromatic rings. The van der Waals surface area contributed by atoms with Crippen molar-refractivity contribution in [2.24, 2.45) is 0 Å². The van der Waals surface area contributed by atoms with Gasteiger partial charge in [-0.1, -0.05) is 44.2 Å². The van der Waals surface area contributed by atoms with E-state index in [9.17, 15) is 9.59 Å². The standard InChI is InChI=1S/C28H37N5O2/c1-20-17-32(25(16-29-20)27(35)31-11-7-8-12-31)18-26(34)33-19-28(2,3)23-15-30-22(14-24(23)33)13-21-9-5-4-6-10-21/h4-6,9-10,14-15,20,25,29H,7-8,11-13,16-19H2,1-3H3/t20-,25-/m1/s1. The van der Waals surface area contributed by atoms with Gasteiger partial charge < -0.3 is 15.1 Å². The van der Waals surface area contributed by atoms with Crippen LogP contribution in [0, 0.1) is 0 Å². The number of hydrogen-bond donors (Lipinski definition) is 1. The monoisotopic (exact) mass is 475 g/mol. The smallest absolute Gasteiger partial charge is 0.241 e. The second-order valence-electron chi connectivity index (χ2n) is 11.0. The Morgan fingerprint density at radius 1 is 1.14 bits per heavy atom. The van der Waals surface area contributed by atoms with Crippen LogP contribution in [0.5, 0.6) is 0 Å². The molecular formula is C28H37N5O2. The van der Waals surface area contributed by atoms with Gasteiger partial charge in [-0.05, 0) is 31.4 Å².